The van der Waals surface area contributed by atoms with E-state index in [1.165, 1.54) is 0 Å². The second-order valence-electron chi connectivity index (χ2n) is 7.97. The molecule has 5 aromatic rings. The molecule has 8 heteroatoms. The van der Waals surface area contributed by atoms with E-state index in [4.69, 9.17) is 14.2 Å². The lowest BCUT2D eigenvalue weighted by Gasteiger charge is -2.13. The summed E-state index contributed by atoms with van der Waals surface area (Å²) in [6.45, 7) is 0. The van der Waals surface area contributed by atoms with E-state index in [0.29, 0.717) is 40.3 Å². The van der Waals surface area contributed by atoms with Gasteiger partial charge in [-0.3, -0.25) is 9.78 Å². The standard InChI is InChI=1S/C28H20F2N2O4/c1-34-26-14-23-24(15-27(26)35-2)31-8-7-25(23)36-22-6-4-16-11-21(5-3-17(16)12-22)32-28(33)18-9-19(29)13-20(30)10-18/h3-15H,1-2H3,(H,32,33). The van der Waals surface area contributed by atoms with Gasteiger partial charge < -0.3 is 19.5 Å². The van der Waals surface area contributed by atoms with E-state index < -0.39 is 17.5 Å². The largest absolute Gasteiger partial charge is 0.493 e. The van der Waals surface area contributed by atoms with E-state index in [1.807, 2.05) is 30.3 Å². The molecule has 0 saturated heterocycles. The molecule has 36 heavy (non-hydrogen) atoms. The highest BCUT2D eigenvalue weighted by Crippen LogP contribution is 2.37. The van der Waals surface area contributed by atoms with Crippen LogP contribution in [0.5, 0.6) is 23.0 Å². The summed E-state index contributed by atoms with van der Waals surface area (Å²) in [6, 6.07) is 18.9. The summed E-state index contributed by atoms with van der Waals surface area (Å²) >= 11 is 0. The lowest BCUT2D eigenvalue weighted by molar-refractivity contribution is 0.102. The first-order valence-electron chi connectivity index (χ1n) is 10.9. The third kappa shape index (κ3) is 4.61. The number of pyridine rings is 1. The highest BCUT2D eigenvalue weighted by Gasteiger charge is 2.13. The monoisotopic (exact) mass is 486 g/mol. The second kappa shape index (κ2) is 9.50. The van der Waals surface area contributed by atoms with Gasteiger partial charge in [0.15, 0.2) is 11.5 Å². The second-order valence-corrected chi connectivity index (χ2v) is 7.97. The number of nitrogens with zero attached hydrogens (tertiary/aromatic N) is 1. The van der Waals surface area contributed by atoms with E-state index in [9.17, 15) is 13.6 Å². The van der Waals surface area contributed by atoms with Crippen molar-refractivity contribution in [2.24, 2.45) is 0 Å². The van der Waals surface area contributed by atoms with E-state index in [2.05, 4.69) is 10.3 Å². The quantitative estimate of drug-likeness (QED) is 0.288. The van der Waals surface area contributed by atoms with Gasteiger partial charge in [0.05, 0.1) is 19.7 Å². The molecule has 5 rings (SSSR count). The molecular formula is C28H20F2N2O4. The van der Waals surface area contributed by atoms with Gasteiger partial charge in [-0.05, 0) is 59.3 Å². The number of benzene rings is 4. The normalized spacial score (nSPS) is 10.9. The Labute approximate surface area is 205 Å². The van der Waals surface area contributed by atoms with Crippen LogP contribution in [0.2, 0.25) is 0 Å². The summed E-state index contributed by atoms with van der Waals surface area (Å²) in [4.78, 5) is 16.8. The minimum absolute atomic E-state index is 0.102. The molecule has 0 bridgehead atoms. The first-order valence-corrected chi connectivity index (χ1v) is 10.9. The smallest absolute Gasteiger partial charge is 0.255 e. The molecule has 0 fully saturated rings. The molecule has 1 aromatic heterocycles. The molecule has 0 unspecified atom stereocenters. The van der Waals surface area contributed by atoms with Crippen LogP contribution in [-0.2, 0) is 0 Å². The first-order chi connectivity index (χ1) is 17.4. The van der Waals surface area contributed by atoms with Crippen LogP contribution in [0.15, 0.2) is 79.0 Å². The Kier molecular flexibility index (Phi) is 6.08. The van der Waals surface area contributed by atoms with Gasteiger partial charge in [0, 0.05) is 35.0 Å². The van der Waals surface area contributed by atoms with Gasteiger partial charge in [-0.15, -0.1) is 0 Å². The van der Waals surface area contributed by atoms with Gasteiger partial charge in [-0.25, -0.2) is 8.78 Å². The zero-order valence-corrected chi connectivity index (χ0v) is 19.3. The van der Waals surface area contributed by atoms with Crippen molar-refractivity contribution >= 4 is 33.3 Å². The Bertz CT molecular complexity index is 1600. The molecule has 1 heterocycles. The third-order valence-electron chi connectivity index (χ3n) is 5.63. The van der Waals surface area contributed by atoms with Crippen LogP contribution in [0.4, 0.5) is 14.5 Å². The Morgan fingerprint density at radius 2 is 1.47 bits per heavy atom. The number of fused-ring (bicyclic) bond motifs is 2. The van der Waals surface area contributed by atoms with Crippen molar-refractivity contribution in [3.8, 4) is 23.0 Å². The van der Waals surface area contributed by atoms with Crippen molar-refractivity contribution < 1.29 is 27.8 Å². The number of methoxy groups -OCH3 is 2. The Morgan fingerprint density at radius 3 is 2.22 bits per heavy atom. The van der Waals surface area contributed by atoms with Gasteiger partial charge in [0.25, 0.3) is 5.91 Å². The number of halogens is 2. The fourth-order valence-corrected chi connectivity index (χ4v) is 3.92. The lowest BCUT2D eigenvalue weighted by atomic mass is 10.1. The summed E-state index contributed by atoms with van der Waals surface area (Å²) in [5, 5.41) is 5.15. The number of nitrogens with one attached hydrogen (secondary N) is 1. The summed E-state index contributed by atoms with van der Waals surface area (Å²) in [7, 11) is 3.13. The minimum Gasteiger partial charge on any atom is -0.493 e. The topological polar surface area (TPSA) is 69.7 Å². The zero-order chi connectivity index (χ0) is 25.2. The predicted molar refractivity (Wildman–Crippen MR) is 133 cm³/mol. The molecule has 1 N–H and O–H groups in total. The number of anilines is 1. The average molecular weight is 486 g/mol. The van der Waals surface area contributed by atoms with Crippen molar-refractivity contribution in [3.05, 3.63) is 96.2 Å². The molecule has 0 spiro atoms. The van der Waals surface area contributed by atoms with Crippen molar-refractivity contribution in [2.75, 3.05) is 19.5 Å². The van der Waals surface area contributed by atoms with Crippen molar-refractivity contribution in [1.82, 2.24) is 4.98 Å². The van der Waals surface area contributed by atoms with E-state index >= 15 is 0 Å². The molecule has 0 radical (unpaired) electrons. The number of hydrogen-bond donors (Lipinski definition) is 1. The zero-order valence-electron chi connectivity index (χ0n) is 19.3. The maximum absolute atomic E-state index is 13.4. The molecular weight excluding hydrogens is 466 g/mol. The van der Waals surface area contributed by atoms with Crippen LogP contribution < -0.4 is 19.5 Å². The number of aromatic nitrogens is 1. The van der Waals surface area contributed by atoms with Crippen LogP contribution in [0.25, 0.3) is 21.7 Å². The SMILES string of the molecule is COc1cc2nccc(Oc3ccc4cc(NC(=O)c5cc(F)cc(F)c5)ccc4c3)c2cc1OC. The van der Waals surface area contributed by atoms with Crippen molar-refractivity contribution in [1.29, 1.82) is 0 Å². The Morgan fingerprint density at radius 1 is 0.778 bits per heavy atom. The van der Waals surface area contributed by atoms with Crippen LogP contribution in [0.1, 0.15) is 10.4 Å². The van der Waals surface area contributed by atoms with E-state index in [-0.39, 0.29) is 5.56 Å². The fourth-order valence-electron chi connectivity index (χ4n) is 3.92. The number of hydrogen-bond acceptors (Lipinski definition) is 5. The molecule has 0 atom stereocenters. The molecule has 0 aliphatic carbocycles. The third-order valence-corrected chi connectivity index (χ3v) is 5.63. The first kappa shape index (κ1) is 23.0. The summed E-state index contributed by atoms with van der Waals surface area (Å²) in [6.07, 6.45) is 1.66. The highest BCUT2D eigenvalue weighted by molar-refractivity contribution is 6.05. The van der Waals surface area contributed by atoms with Crippen molar-refractivity contribution in [3.63, 3.8) is 0 Å². The Balaban J connectivity index is 1.40. The van der Waals surface area contributed by atoms with E-state index in [0.717, 1.165) is 28.3 Å². The van der Waals surface area contributed by atoms with Crippen LogP contribution in [0.3, 0.4) is 0 Å². The van der Waals surface area contributed by atoms with Gasteiger partial charge in [0.1, 0.15) is 23.1 Å². The van der Waals surface area contributed by atoms with Crippen LogP contribution in [0, 0.1) is 11.6 Å². The van der Waals surface area contributed by atoms with Crippen LogP contribution >= 0.6 is 0 Å². The molecule has 4 aromatic carbocycles. The average Bonchev–Trinajstić information content (AvgIpc) is 2.87. The number of rotatable bonds is 6. The minimum atomic E-state index is -0.814. The maximum Gasteiger partial charge on any atom is 0.255 e. The highest BCUT2D eigenvalue weighted by atomic mass is 19.1. The van der Waals surface area contributed by atoms with E-state index in [1.54, 1.807) is 44.7 Å². The summed E-state index contributed by atoms with van der Waals surface area (Å²) in [5.74, 6) is 0.117. The molecule has 0 saturated carbocycles. The summed E-state index contributed by atoms with van der Waals surface area (Å²) < 4.78 is 43.8. The number of carbonyl (C=O) groups excluding carboxylic acids is 1. The fraction of sp³-hybridized carbons (Fsp3) is 0.0714. The molecule has 0 aliphatic rings. The molecule has 1 amide bonds. The van der Waals surface area contributed by atoms with Crippen LogP contribution in [-0.4, -0.2) is 25.1 Å². The molecule has 180 valence electrons. The van der Waals surface area contributed by atoms with Gasteiger partial charge in [-0.2, -0.15) is 0 Å². The maximum atomic E-state index is 13.4. The van der Waals surface area contributed by atoms with Gasteiger partial charge >= 0.3 is 0 Å². The molecule has 0 aliphatic heterocycles. The number of carbonyl (C=O) groups is 1. The lowest BCUT2D eigenvalue weighted by Crippen LogP contribution is -2.12. The predicted octanol–water partition coefficient (Wildman–Crippen LogP) is 6.73. The number of ether oxygens (including phenoxy) is 3. The van der Waals surface area contributed by atoms with Crippen molar-refractivity contribution in [2.45, 2.75) is 0 Å². The van der Waals surface area contributed by atoms with Gasteiger partial charge in [0.2, 0.25) is 0 Å². The Hall–Kier alpha value is -4.72. The molecule has 6 nitrogen and oxygen atoms in total. The van der Waals surface area contributed by atoms with Gasteiger partial charge in [-0.1, -0.05) is 12.1 Å². The summed E-state index contributed by atoms with van der Waals surface area (Å²) in [5.41, 5.74) is 1.09. The number of amides is 1.